The number of allylic oxidation sites excluding steroid dienone is 1. The Balaban J connectivity index is 1.35. The van der Waals surface area contributed by atoms with Gasteiger partial charge in [0.05, 0.1) is 36.6 Å². The normalized spacial score (nSPS) is 45.1. The van der Waals surface area contributed by atoms with Crippen molar-refractivity contribution in [2.45, 2.75) is 225 Å². The van der Waals surface area contributed by atoms with Crippen molar-refractivity contribution in [1.29, 1.82) is 0 Å². The predicted octanol–water partition coefficient (Wildman–Crippen LogP) is 4.68. The number of cyclic esters (lactones) is 1. The van der Waals surface area contributed by atoms with Crippen LogP contribution in [0.25, 0.3) is 0 Å². The van der Waals surface area contributed by atoms with Crippen molar-refractivity contribution in [3.63, 3.8) is 0 Å². The van der Waals surface area contributed by atoms with Crippen molar-refractivity contribution < 1.29 is 76.4 Å². The predicted molar refractivity (Wildman–Crippen MR) is 228 cm³/mol. The highest BCUT2D eigenvalue weighted by atomic mass is 17.0. The van der Waals surface area contributed by atoms with Crippen LogP contribution in [0, 0.1) is 28.6 Å². The highest BCUT2D eigenvalue weighted by molar-refractivity contribution is 6.56. The number of rotatable bonds is 6. The number of carbonyl (C=O) groups excluding carboxylic acids is 4. The van der Waals surface area contributed by atoms with Crippen molar-refractivity contribution in [2.75, 3.05) is 0 Å². The van der Waals surface area contributed by atoms with Crippen molar-refractivity contribution >= 4 is 31.3 Å². The van der Waals surface area contributed by atoms with Crippen molar-refractivity contribution in [3.05, 3.63) is 12.2 Å². The molecule has 3 spiro atoms. The zero-order valence-corrected chi connectivity index (χ0v) is 39.4. The summed E-state index contributed by atoms with van der Waals surface area (Å²) < 4.78 is 66.1. The molecule has 6 fully saturated rings. The second-order valence-corrected chi connectivity index (χ2v) is 21.1. The first kappa shape index (κ1) is 49.2. The third-order valence-electron chi connectivity index (χ3n) is 15.6. The molecule has 7 aliphatic rings. The van der Waals surface area contributed by atoms with Crippen LogP contribution in [0.3, 0.4) is 0 Å². The Kier molecular flexibility index (Phi) is 14.4. The van der Waals surface area contributed by atoms with Gasteiger partial charge in [-0.3, -0.25) is 4.79 Å². The molecule has 7 aliphatic heterocycles. The lowest BCUT2D eigenvalue weighted by Crippen LogP contribution is -2.61. The Bertz CT molecular complexity index is 1750. The maximum atomic E-state index is 15.1. The smallest absolute Gasteiger partial charge is 0.504 e. The average Bonchev–Trinajstić information content (AvgIpc) is 3.86. The van der Waals surface area contributed by atoms with Crippen LogP contribution in [0.5, 0.6) is 0 Å². The average molecular weight is 907 g/mol. The SMILES string of the molecule is CC(C)C(NC=O)C(=O)O[C@H](C)[C@@H]1C/C=C\CC[C@H](O)C(C)(C)[C@@H]2CC[C@@H](C)C3(O2)O[B-]24O[C@H]3C(=O)O[C@H]3C[C@@H](CCC[C@@H](O)C(C)(C)[C@H]5CC[C@@H](C)[C@@](O5)(O2)[C@@H](O4)C(=O)O1)O[C@@H]3C. The lowest BCUT2D eigenvalue weighted by molar-refractivity contribution is -0.311. The zero-order valence-electron chi connectivity index (χ0n) is 39.4. The first-order chi connectivity index (χ1) is 30.1. The Labute approximate surface area is 377 Å². The number of esters is 3. The Morgan fingerprint density at radius 3 is 1.94 bits per heavy atom. The van der Waals surface area contributed by atoms with Crippen LogP contribution in [-0.4, -0.2) is 126 Å². The number of nitrogens with one attached hydrogen (secondary N) is 1. The zero-order chi connectivity index (χ0) is 46.6. The Hall–Kier alpha value is -2.68. The second-order valence-electron chi connectivity index (χ2n) is 21.1. The molecular weight excluding hydrogens is 833 g/mol. The lowest BCUT2D eigenvalue weighted by atomic mass is 9.73. The maximum Gasteiger partial charge on any atom is 0.536 e. The summed E-state index contributed by atoms with van der Waals surface area (Å²) >= 11 is 0. The molecule has 18 heteroatoms. The first-order valence-electron chi connectivity index (χ1n) is 23.8. The monoisotopic (exact) mass is 907 g/mol. The largest absolute Gasteiger partial charge is 0.536 e. The van der Waals surface area contributed by atoms with Gasteiger partial charge in [0.15, 0.2) is 23.8 Å². The molecule has 6 saturated heterocycles. The van der Waals surface area contributed by atoms with E-state index in [0.717, 1.165) is 0 Å². The fourth-order valence-electron chi connectivity index (χ4n) is 10.9. The molecular formula is C46H73BNO16-. The number of aliphatic hydroxyl groups is 2. The van der Waals surface area contributed by atoms with E-state index in [4.69, 9.17) is 47.0 Å². The Morgan fingerprint density at radius 1 is 0.812 bits per heavy atom. The van der Waals surface area contributed by atoms with Crippen LogP contribution in [0.1, 0.15) is 140 Å². The number of fused-ring (bicyclic) bond motifs is 6. The molecule has 0 saturated carbocycles. The van der Waals surface area contributed by atoms with Crippen LogP contribution in [0.15, 0.2) is 12.2 Å². The molecule has 0 aromatic heterocycles. The molecule has 7 rings (SSSR count). The van der Waals surface area contributed by atoms with E-state index in [0.29, 0.717) is 70.6 Å². The topological polar surface area (TPSA) is 213 Å². The van der Waals surface area contributed by atoms with E-state index in [-0.39, 0.29) is 18.4 Å². The van der Waals surface area contributed by atoms with Gasteiger partial charge in [0.2, 0.25) is 6.41 Å². The summed E-state index contributed by atoms with van der Waals surface area (Å²) in [5, 5.41) is 26.1. The van der Waals surface area contributed by atoms with E-state index in [1.165, 1.54) is 0 Å². The molecule has 3 N–H and O–H groups in total. The van der Waals surface area contributed by atoms with Crippen molar-refractivity contribution in [2.24, 2.45) is 28.6 Å². The van der Waals surface area contributed by atoms with Gasteiger partial charge in [0.25, 0.3) is 0 Å². The summed E-state index contributed by atoms with van der Waals surface area (Å²) in [6.07, 6.45) is -0.496. The fourth-order valence-corrected chi connectivity index (χ4v) is 10.9. The summed E-state index contributed by atoms with van der Waals surface area (Å²) in [7, 11) is 0. The van der Waals surface area contributed by atoms with Gasteiger partial charge in [0, 0.05) is 35.5 Å². The summed E-state index contributed by atoms with van der Waals surface area (Å²) in [4.78, 5) is 54.7. The van der Waals surface area contributed by atoms with E-state index in [2.05, 4.69) is 5.32 Å². The second kappa shape index (κ2) is 18.8. The summed E-state index contributed by atoms with van der Waals surface area (Å²) in [5.74, 6) is -7.62. The molecule has 362 valence electrons. The lowest BCUT2D eigenvalue weighted by Gasteiger charge is -2.52. The molecule has 3 unspecified atom stereocenters. The van der Waals surface area contributed by atoms with Gasteiger partial charge in [0.1, 0.15) is 24.4 Å². The van der Waals surface area contributed by atoms with E-state index in [9.17, 15) is 24.6 Å². The van der Waals surface area contributed by atoms with E-state index in [1.807, 2.05) is 60.6 Å². The number of hydrogen-bond donors (Lipinski definition) is 3. The number of carbonyl (C=O) groups is 4. The third kappa shape index (κ3) is 9.17. The number of hydrogen-bond acceptors (Lipinski definition) is 16. The minimum absolute atomic E-state index is 0.0969. The van der Waals surface area contributed by atoms with E-state index in [1.54, 1.807) is 20.8 Å². The van der Waals surface area contributed by atoms with Gasteiger partial charge in [-0.05, 0) is 77.6 Å². The first-order valence-corrected chi connectivity index (χ1v) is 23.8. The van der Waals surface area contributed by atoms with Crippen LogP contribution < -0.4 is 5.32 Å². The van der Waals surface area contributed by atoms with E-state index < -0.39 is 126 Å². The van der Waals surface area contributed by atoms with Crippen LogP contribution in [0.2, 0.25) is 0 Å². The summed E-state index contributed by atoms with van der Waals surface area (Å²) in [6, 6.07) is -0.955. The molecule has 64 heavy (non-hydrogen) atoms. The maximum absolute atomic E-state index is 15.1. The highest BCUT2D eigenvalue weighted by Crippen LogP contribution is 2.57. The van der Waals surface area contributed by atoms with Gasteiger partial charge in [-0.25, -0.2) is 14.4 Å². The van der Waals surface area contributed by atoms with Gasteiger partial charge < -0.3 is 62.6 Å². The van der Waals surface area contributed by atoms with Gasteiger partial charge >= 0.3 is 24.9 Å². The van der Waals surface area contributed by atoms with Crippen molar-refractivity contribution in [1.82, 2.24) is 5.32 Å². The summed E-state index contributed by atoms with van der Waals surface area (Å²) in [6.45, 7) is 14.8. The molecule has 0 aliphatic carbocycles. The molecule has 17 nitrogen and oxygen atoms in total. The molecule has 9 bridgehead atoms. The third-order valence-corrected chi connectivity index (χ3v) is 15.6. The summed E-state index contributed by atoms with van der Waals surface area (Å²) in [5.41, 5.74) is -1.72. The minimum Gasteiger partial charge on any atom is -0.504 e. The Morgan fingerprint density at radius 2 is 1.38 bits per heavy atom. The van der Waals surface area contributed by atoms with Crippen LogP contribution in [0.4, 0.5) is 0 Å². The molecule has 7 heterocycles. The number of aliphatic hydroxyl groups excluding tert-OH is 2. The standard InChI is InChI=1S/C46H73BNO16/c1-25(2)37(48-24-49)40(52)56-28(5)31-16-12-11-13-17-33(50)43(7,8)35-21-19-27(4)46(59-35)39-42(54)58-32-23-30(55-29(32)6)15-14-18-34(51)44(9,10)36-22-20-26(3)45(60-36)38(41(53)57-31)61-47(62-39,63-45)64-46/h11-12,24-39,50-51H,13-23H2,1-10H3,(H,48,49)/q-1/b12-11-/t26-,27-,28-,29-,30-,31+,32+,33+,34-,35+,36-,37?,38+,39+,45-,46?,47?/m1/s1. The van der Waals surface area contributed by atoms with Gasteiger partial charge in [-0.2, -0.15) is 0 Å². The van der Waals surface area contributed by atoms with Gasteiger partial charge in [-0.15, -0.1) is 0 Å². The number of amides is 1. The fraction of sp³-hybridized carbons (Fsp3) is 0.870. The van der Waals surface area contributed by atoms with Crippen LogP contribution >= 0.6 is 0 Å². The van der Waals surface area contributed by atoms with Crippen LogP contribution in [-0.2, 0) is 66.2 Å². The molecule has 0 radical (unpaired) electrons. The molecule has 0 aromatic carbocycles. The highest BCUT2D eigenvalue weighted by Gasteiger charge is 2.73. The number of ether oxygens (including phenoxy) is 6. The minimum atomic E-state index is -3.56. The van der Waals surface area contributed by atoms with Crippen molar-refractivity contribution in [3.8, 4) is 0 Å². The van der Waals surface area contributed by atoms with E-state index >= 15 is 4.79 Å². The molecule has 17 atom stereocenters. The molecule has 0 aromatic rings. The quantitative estimate of drug-likeness (QED) is 0.109. The van der Waals surface area contributed by atoms with Gasteiger partial charge in [-0.1, -0.05) is 67.5 Å². The molecule has 1 amide bonds.